The number of amides is 1. The second-order valence-electron chi connectivity index (χ2n) is 7.74. The lowest BCUT2D eigenvalue weighted by atomic mass is 10.1. The van der Waals surface area contributed by atoms with Gasteiger partial charge < -0.3 is 14.8 Å². The molecule has 0 aromatic heterocycles. The molecule has 0 fully saturated rings. The molecule has 1 N–H and O–H groups in total. The average Bonchev–Trinajstić information content (AvgIpc) is 2.79. The zero-order valence-electron chi connectivity index (χ0n) is 19.0. The van der Waals surface area contributed by atoms with E-state index in [0.29, 0.717) is 33.8 Å². The molecule has 168 valence electrons. The number of carbonyl (C=O) groups is 1. The quantitative estimate of drug-likeness (QED) is 0.294. The Bertz CT molecular complexity index is 1260. The minimum atomic E-state index is -0.475. The van der Waals surface area contributed by atoms with Crippen LogP contribution >= 0.6 is 15.9 Å². The largest absolute Gasteiger partial charge is 0.493 e. The molecule has 0 spiro atoms. The Hall–Kier alpha value is -3.56. The molecule has 0 saturated carbocycles. The van der Waals surface area contributed by atoms with Crippen molar-refractivity contribution in [1.29, 1.82) is 5.26 Å². The van der Waals surface area contributed by atoms with Crippen molar-refractivity contribution in [2.45, 2.75) is 27.4 Å². The van der Waals surface area contributed by atoms with Gasteiger partial charge in [0.05, 0.1) is 7.11 Å². The van der Waals surface area contributed by atoms with Gasteiger partial charge in [0.25, 0.3) is 5.91 Å². The molecule has 1 amide bonds. The monoisotopic (exact) mass is 504 g/mol. The van der Waals surface area contributed by atoms with Crippen LogP contribution < -0.4 is 14.8 Å². The number of ether oxygens (including phenoxy) is 2. The Morgan fingerprint density at radius 2 is 1.82 bits per heavy atom. The van der Waals surface area contributed by atoms with Crippen LogP contribution in [0, 0.1) is 32.1 Å². The van der Waals surface area contributed by atoms with E-state index >= 15 is 0 Å². The van der Waals surface area contributed by atoms with Crippen molar-refractivity contribution in [3.63, 3.8) is 0 Å². The summed E-state index contributed by atoms with van der Waals surface area (Å²) < 4.78 is 12.1. The molecule has 3 aromatic rings. The van der Waals surface area contributed by atoms with Crippen molar-refractivity contribution < 1.29 is 14.3 Å². The molecule has 0 aliphatic carbocycles. The van der Waals surface area contributed by atoms with E-state index in [4.69, 9.17) is 9.47 Å². The summed E-state index contributed by atoms with van der Waals surface area (Å²) in [6.07, 6.45) is 1.53. The molecule has 5 nitrogen and oxygen atoms in total. The number of carbonyl (C=O) groups excluding carboxylic acids is 1. The van der Waals surface area contributed by atoms with Crippen molar-refractivity contribution in [2.75, 3.05) is 12.4 Å². The molecule has 33 heavy (non-hydrogen) atoms. The molecule has 0 bridgehead atoms. The fourth-order valence-electron chi connectivity index (χ4n) is 3.26. The van der Waals surface area contributed by atoms with E-state index in [-0.39, 0.29) is 5.57 Å². The summed E-state index contributed by atoms with van der Waals surface area (Å²) in [6, 6.07) is 19.4. The lowest BCUT2D eigenvalue weighted by molar-refractivity contribution is -0.112. The maximum Gasteiger partial charge on any atom is 0.266 e. The molecule has 0 heterocycles. The van der Waals surface area contributed by atoms with Gasteiger partial charge in [-0.15, -0.1) is 0 Å². The normalized spacial score (nSPS) is 11.0. The van der Waals surface area contributed by atoms with E-state index < -0.39 is 5.91 Å². The second-order valence-corrected chi connectivity index (χ2v) is 8.60. The summed E-state index contributed by atoms with van der Waals surface area (Å²) in [5, 5.41) is 12.4. The molecule has 0 unspecified atom stereocenters. The van der Waals surface area contributed by atoms with Crippen LogP contribution in [-0.4, -0.2) is 13.0 Å². The zero-order valence-corrected chi connectivity index (χ0v) is 20.6. The number of rotatable bonds is 7. The number of benzene rings is 3. The van der Waals surface area contributed by atoms with Crippen molar-refractivity contribution >= 4 is 33.6 Å². The Kier molecular flexibility index (Phi) is 7.92. The number of hydrogen-bond acceptors (Lipinski definition) is 4. The van der Waals surface area contributed by atoms with Crippen LogP contribution in [0.25, 0.3) is 6.08 Å². The summed E-state index contributed by atoms with van der Waals surface area (Å²) in [4.78, 5) is 12.8. The van der Waals surface area contributed by atoms with Gasteiger partial charge >= 0.3 is 0 Å². The maximum absolute atomic E-state index is 12.8. The predicted octanol–water partition coefficient (Wildman–Crippen LogP) is 6.51. The van der Waals surface area contributed by atoms with Crippen molar-refractivity contribution in [1.82, 2.24) is 0 Å². The molecule has 0 atom stereocenters. The van der Waals surface area contributed by atoms with Gasteiger partial charge in [-0.25, -0.2) is 0 Å². The minimum Gasteiger partial charge on any atom is -0.493 e. The number of nitrogens with one attached hydrogen (secondary N) is 1. The lowest BCUT2D eigenvalue weighted by Gasteiger charge is -2.13. The first-order valence-corrected chi connectivity index (χ1v) is 11.2. The van der Waals surface area contributed by atoms with E-state index in [9.17, 15) is 10.1 Å². The number of hydrogen-bond donors (Lipinski definition) is 1. The molecular formula is C27H25BrN2O3. The van der Waals surface area contributed by atoms with E-state index in [0.717, 1.165) is 22.3 Å². The number of anilines is 1. The van der Waals surface area contributed by atoms with Crippen LogP contribution in [0.4, 0.5) is 5.69 Å². The average molecular weight is 505 g/mol. The van der Waals surface area contributed by atoms with Crippen LogP contribution in [0.5, 0.6) is 11.5 Å². The fourth-order valence-corrected chi connectivity index (χ4v) is 3.70. The van der Waals surface area contributed by atoms with Crippen molar-refractivity contribution in [2.24, 2.45) is 0 Å². The fraction of sp³-hybridized carbons (Fsp3) is 0.185. The zero-order chi connectivity index (χ0) is 24.0. The third kappa shape index (κ3) is 6.24. The highest BCUT2D eigenvalue weighted by Gasteiger charge is 2.15. The highest BCUT2D eigenvalue weighted by Crippen LogP contribution is 2.35. The smallest absolute Gasteiger partial charge is 0.266 e. The molecule has 0 saturated heterocycles. The highest BCUT2D eigenvalue weighted by atomic mass is 79.9. The van der Waals surface area contributed by atoms with Crippen LogP contribution in [0.3, 0.4) is 0 Å². The topological polar surface area (TPSA) is 71.3 Å². The molecule has 6 heteroatoms. The van der Waals surface area contributed by atoms with E-state index in [1.54, 1.807) is 19.2 Å². The third-order valence-corrected chi connectivity index (χ3v) is 5.75. The van der Waals surface area contributed by atoms with Gasteiger partial charge in [0, 0.05) is 10.2 Å². The van der Waals surface area contributed by atoms with Crippen LogP contribution in [0.15, 0.2) is 64.6 Å². The summed E-state index contributed by atoms with van der Waals surface area (Å²) in [6.45, 7) is 6.27. The number of nitriles is 1. The van der Waals surface area contributed by atoms with Gasteiger partial charge in [0.1, 0.15) is 18.2 Å². The van der Waals surface area contributed by atoms with Crippen LogP contribution in [-0.2, 0) is 11.4 Å². The first kappa shape index (κ1) is 24.1. The Labute approximate surface area is 202 Å². The number of methoxy groups -OCH3 is 1. The lowest BCUT2D eigenvalue weighted by Crippen LogP contribution is -2.14. The molecule has 3 aromatic carbocycles. The number of aryl methyl sites for hydroxylation is 3. The second kappa shape index (κ2) is 10.8. The van der Waals surface area contributed by atoms with Gasteiger partial charge in [-0.1, -0.05) is 57.9 Å². The van der Waals surface area contributed by atoms with Crippen LogP contribution in [0.2, 0.25) is 0 Å². The highest BCUT2D eigenvalue weighted by molar-refractivity contribution is 9.10. The summed E-state index contributed by atoms with van der Waals surface area (Å²) in [5.41, 5.74) is 5.43. The molecule has 0 radical (unpaired) electrons. The Morgan fingerprint density at radius 1 is 1.06 bits per heavy atom. The van der Waals surface area contributed by atoms with E-state index in [1.165, 1.54) is 6.08 Å². The maximum atomic E-state index is 12.8. The molecule has 0 aliphatic rings. The first-order valence-electron chi connectivity index (χ1n) is 10.4. The molecular weight excluding hydrogens is 480 g/mol. The Balaban J connectivity index is 1.84. The van der Waals surface area contributed by atoms with Crippen LogP contribution in [0.1, 0.15) is 27.8 Å². The standard InChI is InChI=1S/C27H25BrN2O3/c1-17-6-5-7-20(10-17)16-33-26-14-23(28)21(13-25(26)32-4)12-22(15-29)27(31)30-24-11-18(2)8-9-19(24)3/h5-14H,16H2,1-4H3,(H,30,31)/b22-12+. The summed E-state index contributed by atoms with van der Waals surface area (Å²) in [5.74, 6) is 0.586. The molecule has 3 rings (SSSR count). The number of halogens is 1. The number of nitrogens with zero attached hydrogens (tertiary/aromatic N) is 1. The van der Waals surface area contributed by atoms with Gasteiger partial charge in [0.2, 0.25) is 0 Å². The van der Waals surface area contributed by atoms with E-state index in [1.807, 2.05) is 63.2 Å². The predicted molar refractivity (Wildman–Crippen MR) is 134 cm³/mol. The Morgan fingerprint density at radius 3 is 2.52 bits per heavy atom. The van der Waals surface area contributed by atoms with Gasteiger partial charge in [-0.2, -0.15) is 5.26 Å². The SMILES string of the molecule is COc1cc(/C=C(\C#N)C(=O)Nc2cc(C)ccc2C)c(Br)cc1OCc1cccc(C)c1. The van der Waals surface area contributed by atoms with Gasteiger partial charge in [0.15, 0.2) is 11.5 Å². The van der Waals surface area contributed by atoms with Gasteiger partial charge in [-0.05, 0) is 67.3 Å². The minimum absolute atomic E-state index is 0.0212. The first-order chi connectivity index (χ1) is 15.8. The molecule has 0 aliphatic heterocycles. The van der Waals surface area contributed by atoms with Crippen molar-refractivity contribution in [3.05, 3.63) is 92.5 Å². The van der Waals surface area contributed by atoms with Gasteiger partial charge in [-0.3, -0.25) is 4.79 Å². The third-order valence-electron chi connectivity index (χ3n) is 5.07. The van der Waals surface area contributed by atoms with E-state index in [2.05, 4.69) is 27.3 Å². The summed E-state index contributed by atoms with van der Waals surface area (Å²) >= 11 is 3.52. The summed E-state index contributed by atoms with van der Waals surface area (Å²) in [7, 11) is 1.55. The van der Waals surface area contributed by atoms with Crippen molar-refractivity contribution in [3.8, 4) is 17.6 Å².